The number of ether oxygens (including phenoxy) is 1. The molecule has 7 rings (SSSR count). The number of rotatable bonds is 30. The lowest BCUT2D eigenvalue weighted by molar-refractivity contribution is -0.142. The summed E-state index contributed by atoms with van der Waals surface area (Å²) in [4.78, 5) is 73.0. The molecule has 4 aliphatic carbocycles. The van der Waals surface area contributed by atoms with Crippen LogP contribution < -0.4 is 16.0 Å². The SMILES string of the molecule is CCCCCCCC/C=C/CCCCCCCCNC(=O)O[C@@H]1CC[C@@]2(C)C(CCC3C2CC[C@@]2(C)C3CC[C@@H]2C(C)CCC(=O)NC2C[C@@H](C(=O)NCCc3ncc[nH]3)N(C(=O)C(Cc3cnc[nH]3)N(C)C)C2)C1. The fraction of sp³-hybridized carbons (Fsp3) is 0.803. The number of carbonyl (C=O) groups excluding carboxylic acids is 4. The van der Waals surface area contributed by atoms with Crippen LogP contribution in [-0.4, -0.2) is 112 Å². The zero-order valence-corrected chi connectivity index (χ0v) is 47.5. The zero-order valence-electron chi connectivity index (χ0n) is 47.5. The number of unbranched alkanes of at least 4 members (excludes halogenated alkanes) is 12. The van der Waals surface area contributed by atoms with Crippen LogP contribution in [0.5, 0.6) is 0 Å². The normalized spacial score (nSPS) is 29.1. The Morgan fingerprint density at radius 2 is 1.56 bits per heavy atom. The van der Waals surface area contributed by atoms with Gasteiger partial charge in [-0.1, -0.05) is 97.6 Å². The highest BCUT2D eigenvalue weighted by atomic mass is 16.6. The first-order chi connectivity index (χ1) is 36.3. The Morgan fingerprint density at radius 1 is 0.840 bits per heavy atom. The molecule has 75 heavy (non-hydrogen) atoms. The van der Waals surface area contributed by atoms with Gasteiger partial charge in [0, 0.05) is 69.2 Å². The summed E-state index contributed by atoms with van der Waals surface area (Å²) in [6.07, 6.45) is 42.6. The third kappa shape index (κ3) is 16.0. The van der Waals surface area contributed by atoms with Gasteiger partial charge in [-0.25, -0.2) is 14.8 Å². The van der Waals surface area contributed by atoms with Crippen LogP contribution in [0.2, 0.25) is 0 Å². The Hall–Kier alpha value is -4.20. The minimum atomic E-state index is -0.692. The fourth-order valence-electron chi connectivity index (χ4n) is 15.5. The first kappa shape index (κ1) is 58.5. The van der Waals surface area contributed by atoms with Gasteiger partial charge in [0.2, 0.25) is 17.7 Å². The molecule has 0 bridgehead atoms. The number of hydrogen-bond donors (Lipinski definition) is 5. The third-order valence-electron chi connectivity index (χ3n) is 19.8. The van der Waals surface area contributed by atoms with Gasteiger partial charge in [-0.05, 0) is 163 Å². The molecule has 1 saturated heterocycles. The van der Waals surface area contributed by atoms with E-state index in [0.29, 0.717) is 61.9 Å². The van der Waals surface area contributed by atoms with Crippen molar-refractivity contribution in [2.24, 2.45) is 46.3 Å². The number of allylic oxidation sites excluding steroid dienone is 2. The lowest BCUT2D eigenvalue weighted by atomic mass is 9.44. The topological polar surface area (TPSA) is 177 Å². The van der Waals surface area contributed by atoms with E-state index >= 15 is 0 Å². The smallest absolute Gasteiger partial charge is 0.407 e. The van der Waals surface area contributed by atoms with E-state index in [2.05, 4.69) is 75.7 Å². The van der Waals surface area contributed by atoms with E-state index in [1.54, 1.807) is 29.8 Å². The van der Waals surface area contributed by atoms with Crippen LogP contribution in [0, 0.1) is 46.3 Å². The van der Waals surface area contributed by atoms with Gasteiger partial charge in [-0.2, -0.15) is 0 Å². The van der Waals surface area contributed by atoms with Crippen molar-refractivity contribution in [3.8, 4) is 0 Å². The monoisotopic (exact) mass is 1040 g/mol. The first-order valence-electron chi connectivity index (χ1n) is 30.4. The maximum atomic E-state index is 14.3. The van der Waals surface area contributed by atoms with Crippen LogP contribution in [0.1, 0.15) is 206 Å². The summed E-state index contributed by atoms with van der Waals surface area (Å²) in [5.74, 6) is 4.26. The number of H-pyrrole nitrogens is 2. The van der Waals surface area contributed by atoms with Gasteiger partial charge in [0.05, 0.1) is 12.4 Å². The summed E-state index contributed by atoms with van der Waals surface area (Å²) in [5.41, 5.74) is 1.43. The van der Waals surface area contributed by atoms with Crippen molar-refractivity contribution >= 4 is 23.8 Å². The number of aromatic nitrogens is 4. The summed E-state index contributed by atoms with van der Waals surface area (Å²) >= 11 is 0. The van der Waals surface area contributed by atoms with Crippen LogP contribution in [0.4, 0.5) is 4.79 Å². The maximum absolute atomic E-state index is 14.3. The molecule has 3 heterocycles. The summed E-state index contributed by atoms with van der Waals surface area (Å²) in [6.45, 7) is 11.2. The number of amides is 4. The van der Waals surface area contributed by atoms with Gasteiger partial charge in [0.25, 0.3) is 0 Å². The second-order valence-electron chi connectivity index (χ2n) is 24.9. The van der Waals surface area contributed by atoms with E-state index in [1.165, 1.54) is 116 Å². The second-order valence-corrected chi connectivity index (χ2v) is 24.9. The van der Waals surface area contributed by atoms with Gasteiger partial charge >= 0.3 is 6.09 Å². The Morgan fingerprint density at radius 3 is 2.27 bits per heavy atom. The minimum Gasteiger partial charge on any atom is -0.446 e. The van der Waals surface area contributed by atoms with Crippen molar-refractivity contribution in [1.82, 2.24) is 45.7 Å². The molecule has 5 fully saturated rings. The fourth-order valence-corrected chi connectivity index (χ4v) is 15.5. The predicted molar refractivity (Wildman–Crippen MR) is 298 cm³/mol. The number of aromatic amines is 2. The number of imidazole rings is 2. The molecule has 0 spiro atoms. The molecule has 420 valence electrons. The molecular formula is C61H101N9O5. The molecule has 4 saturated carbocycles. The van der Waals surface area contributed by atoms with E-state index in [-0.39, 0.29) is 47.9 Å². The van der Waals surface area contributed by atoms with Gasteiger partial charge in [-0.3, -0.25) is 19.3 Å². The lowest BCUT2D eigenvalue weighted by Gasteiger charge is -2.61. The van der Waals surface area contributed by atoms with E-state index in [4.69, 9.17) is 4.74 Å². The largest absolute Gasteiger partial charge is 0.446 e. The average Bonchev–Trinajstić information content (AvgIpc) is 4.26. The zero-order chi connectivity index (χ0) is 53.2. The van der Waals surface area contributed by atoms with Crippen molar-refractivity contribution in [2.75, 3.05) is 33.7 Å². The number of likely N-dealkylation sites (N-methyl/N-ethyl adjacent to an activating group) is 1. The molecule has 14 heteroatoms. The quantitative estimate of drug-likeness (QED) is 0.0379. The van der Waals surface area contributed by atoms with Gasteiger partial charge in [-0.15, -0.1) is 0 Å². The van der Waals surface area contributed by atoms with Crippen LogP contribution >= 0.6 is 0 Å². The van der Waals surface area contributed by atoms with Crippen LogP contribution in [-0.2, 0) is 32.0 Å². The highest BCUT2D eigenvalue weighted by Gasteiger charge is 2.61. The molecule has 14 nitrogen and oxygen atoms in total. The maximum Gasteiger partial charge on any atom is 0.407 e. The standard InChI is InChI=1S/C61H101N9O5/c1-7-8-9-10-11-12-13-14-15-16-17-18-19-20-21-22-34-66-59(74)75-48-29-32-60(3)45(38-48)24-25-49-51-27-26-50(61(51,4)33-30-52(49)60)44(2)23-28-56(71)68-47-40-53(57(72)65-35-31-55-63-36-37-64-55)70(42-47)58(73)54(69(5)6)39-46-41-62-43-67-46/h14-15,36-37,41,43-45,47-54H,7-13,16-35,38-40,42H2,1-6H3,(H,62,67)(H,63,64)(H,65,72)(H,66,74)(H,68,71)/b15-14+/t44?,45?,47?,48-,49?,50-,51?,52?,53+,54?,60+,61-/m1/s1. The Bertz CT molecular complexity index is 2060. The molecule has 12 atom stereocenters. The Labute approximate surface area is 452 Å². The number of carbonyl (C=O) groups is 4. The minimum absolute atomic E-state index is 0.000191. The lowest BCUT2D eigenvalue weighted by Crippen LogP contribution is -2.54. The molecule has 7 unspecified atom stereocenters. The highest BCUT2D eigenvalue weighted by Crippen LogP contribution is 2.68. The predicted octanol–water partition coefficient (Wildman–Crippen LogP) is 11.3. The van der Waals surface area contributed by atoms with Crippen molar-refractivity contribution in [2.45, 2.75) is 232 Å². The number of nitrogens with one attached hydrogen (secondary N) is 5. The number of fused-ring (bicyclic) bond motifs is 5. The first-order valence-corrected chi connectivity index (χ1v) is 30.4. The highest BCUT2D eigenvalue weighted by molar-refractivity contribution is 5.91. The van der Waals surface area contributed by atoms with Gasteiger partial charge in [0.1, 0.15) is 18.0 Å². The summed E-state index contributed by atoms with van der Waals surface area (Å²) in [5, 5.41) is 9.40. The molecule has 5 aliphatic rings. The molecule has 2 aromatic heterocycles. The Kier molecular flexibility index (Phi) is 22.6. The van der Waals surface area contributed by atoms with E-state index in [1.807, 2.05) is 19.0 Å². The number of nitrogens with zero attached hydrogens (tertiary/aromatic N) is 4. The van der Waals surface area contributed by atoms with Crippen LogP contribution in [0.25, 0.3) is 0 Å². The summed E-state index contributed by atoms with van der Waals surface area (Å²) < 4.78 is 6.11. The van der Waals surface area contributed by atoms with Crippen molar-refractivity contribution in [3.63, 3.8) is 0 Å². The molecule has 4 amide bonds. The molecule has 0 aromatic carbocycles. The summed E-state index contributed by atoms with van der Waals surface area (Å²) in [7, 11) is 3.76. The number of alkyl carbamates (subject to hydrolysis) is 1. The van der Waals surface area contributed by atoms with E-state index in [9.17, 15) is 19.2 Å². The third-order valence-corrected chi connectivity index (χ3v) is 19.8. The molecule has 5 N–H and O–H groups in total. The second kappa shape index (κ2) is 29.0. The van der Waals surface area contributed by atoms with Gasteiger partial charge in [0.15, 0.2) is 0 Å². The van der Waals surface area contributed by atoms with Crippen LogP contribution in [0.3, 0.4) is 0 Å². The van der Waals surface area contributed by atoms with Gasteiger partial charge < -0.3 is 35.6 Å². The van der Waals surface area contributed by atoms with E-state index in [0.717, 1.165) is 67.8 Å². The Balaban J connectivity index is 0.806. The average molecular weight is 1040 g/mol. The number of hydrogen-bond acceptors (Lipinski definition) is 8. The summed E-state index contributed by atoms with van der Waals surface area (Å²) in [6, 6.07) is -1.51. The number of likely N-dealkylation sites (tertiary alicyclic amines) is 1. The van der Waals surface area contributed by atoms with Crippen molar-refractivity contribution < 1.29 is 23.9 Å². The molecule has 2 aromatic rings. The van der Waals surface area contributed by atoms with Crippen molar-refractivity contribution in [1.29, 1.82) is 0 Å². The van der Waals surface area contributed by atoms with E-state index < -0.39 is 12.1 Å². The molecule has 1 aliphatic heterocycles. The molecule has 0 radical (unpaired) electrons. The van der Waals surface area contributed by atoms with Crippen LogP contribution in [0.15, 0.2) is 37.1 Å². The molecular weight excluding hydrogens is 939 g/mol. The van der Waals surface area contributed by atoms with Crippen molar-refractivity contribution in [3.05, 3.63) is 48.6 Å².